The van der Waals surface area contributed by atoms with Crippen LogP contribution in [0.1, 0.15) is 17.0 Å². The van der Waals surface area contributed by atoms with Gasteiger partial charge in [0.2, 0.25) is 5.82 Å². The number of ether oxygens (including phenoxy) is 3. The first kappa shape index (κ1) is 18.4. The van der Waals surface area contributed by atoms with Crippen LogP contribution in [0.5, 0.6) is 11.5 Å². The maximum absolute atomic E-state index is 11.9. The summed E-state index contributed by atoms with van der Waals surface area (Å²) in [6, 6.07) is 13.0. The maximum Gasteiger partial charge on any atom is 0.344 e. The Kier molecular flexibility index (Phi) is 5.71. The van der Waals surface area contributed by atoms with E-state index < -0.39 is 5.97 Å². The minimum Gasteiger partial charge on any atom is -0.496 e. The Morgan fingerprint density at radius 2 is 1.93 bits per heavy atom. The standard InChI is InChI=1S/C20H20N2O5/c1-13-8-9-16(14(2)10-13)25-12-19(23)26-11-18-21-20(22-27-18)15-6-4-5-7-17(15)24-3/h4-10H,11-12H2,1-3H3. The summed E-state index contributed by atoms with van der Waals surface area (Å²) in [6.45, 7) is 3.59. The van der Waals surface area contributed by atoms with Gasteiger partial charge in [0, 0.05) is 0 Å². The van der Waals surface area contributed by atoms with Crippen molar-refractivity contribution in [1.29, 1.82) is 0 Å². The van der Waals surface area contributed by atoms with Crippen LogP contribution < -0.4 is 9.47 Å². The molecule has 0 radical (unpaired) electrons. The van der Waals surface area contributed by atoms with E-state index in [4.69, 9.17) is 18.7 Å². The fourth-order valence-corrected chi connectivity index (χ4v) is 2.53. The van der Waals surface area contributed by atoms with Crippen molar-refractivity contribution < 1.29 is 23.5 Å². The fourth-order valence-electron chi connectivity index (χ4n) is 2.53. The van der Waals surface area contributed by atoms with Gasteiger partial charge in [-0.05, 0) is 37.6 Å². The topological polar surface area (TPSA) is 83.7 Å². The molecular formula is C20H20N2O5. The number of esters is 1. The Labute approximate surface area is 156 Å². The van der Waals surface area contributed by atoms with Crippen LogP contribution in [-0.4, -0.2) is 29.8 Å². The predicted octanol–water partition coefficient (Wildman–Crippen LogP) is 3.48. The third-order valence-corrected chi connectivity index (χ3v) is 3.85. The molecule has 27 heavy (non-hydrogen) atoms. The summed E-state index contributed by atoms with van der Waals surface area (Å²) >= 11 is 0. The van der Waals surface area contributed by atoms with E-state index in [1.54, 1.807) is 13.2 Å². The molecule has 1 heterocycles. The molecule has 0 unspecified atom stereocenters. The highest BCUT2D eigenvalue weighted by molar-refractivity contribution is 5.71. The zero-order valence-electron chi connectivity index (χ0n) is 15.4. The molecule has 0 fully saturated rings. The highest BCUT2D eigenvalue weighted by atomic mass is 16.6. The van der Waals surface area contributed by atoms with E-state index in [1.807, 2.05) is 50.2 Å². The average molecular weight is 368 g/mol. The number of carbonyl (C=O) groups excluding carboxylic acids is 1. The van der Waals surface area contributed by atoms with Crippen LogP contribution >= 0.6 is 0 Å². The van der Waals surface area contributed by atoms with E-state index >= 15 is 0 Å². The second kappa shape index (κ2) is 8.35. The molecular weight excluding hydrogens is 348 g/mol. The van der Waals surface area contributed by atoms with Crippen LogP contribution in [0.25, 0.3) is 11.4 Å². The van der Waals surface area contributed by atoms with Crippen molar-refractivity contribution in [3.8, 4) is 22.9 Å². The highest BCUT2D eigenvalue weighted by Gasteiger charge is 2.14. The molecule has 0 amide bonds. The van der Waals surface area contributed by atoms with Gasteiger partial charge in [0.05, 0.1) is 12.7 Å². The predicted molar refractivity (Wildman–Crippen MR) is 97.5 cm³/mol. The maximum atomic E-state index is 11.9. The fraction of sp³-hybridized carbons (Fsp3) is 0.250. The van der Waals surface area contributed by atoms with Crippen molar-refractivity contribution in [2.24, 2.45) is 0 Å². The van der Waals surface area contributed by atoms with E-state index in [1.165, 1.54) is 0 Å². The molecule has 0 bridgehead atoms. The SMILES string of the molecule is COc1ccccc1-c1noc(COC(=O)COc2ccc(C)cc2C)n1. The zero-order valence-corrected chi connectivity index (χ0v) is 15.4. The Bertz CT molecular complexity index is 936. The lowest BCUT2D eigenvalue weighted by Gasteiger charge is -2.09. The van der Waals surface area contributed by atoms with Gasteiger partial charge in [-0.3, -0.25) is 0 Å². The molecule has 3 rings (SSSR count). The number of rotatable bonds is 7. The summed E-state index contributed by atoms with van der Waals surface area (Å²) in [7, 11) is 1.57. The molecule has 0 aliphatic rings. The lowest BCUT2D eigenvalue weighted by Crippen LogP contribution is -2.15. The average Bonchev–Trinajstić information content (AvgIpc) is 3.14. The van der Waals surface area contributed by atoms with Crippen LogP contribution in [0.3, 0.4) is 0 Å². The van der Waals surface area contributed by atoms with Crippen LogP contribution in [0.15, 0.2) is 47.0 Å². The first-order chi connectivity index (χ1) is 13.1. The Hall–Kier alpha value is -3.35. The second-order valence-electron chi connectivity index (χ2n) is 5.93. The third-order valence-electron chi connectivity index (χ3n) is 3.85. The number of methoxy groups -OCH3 is 1. The molecule has 140 valence electrons. The van der Waals surface area contributed by atoms with Crippen molar-refractivity contribution in [3.05, 3.63) is 59.5 Å². The van der Waals surface area contributed by atoms with Gasteiger partial charge in [-0.1, -0.05) is 35.0 Å². The number of para-hydroxylation sites is 1. The van der Waals surface area contributed by atoms with Gasteiger partial charge in [-0.15, -0.1) is 0 Å². The molecule has 0 aliphatic carbocycles. The molecule has 3 aromatic rings. The largest absolute Gasteiger partial charge is 0.496 e. The smallest absolute Gasteiger partial charge is 0.344 e. The van der Waals surface area contributed by atoms with Crippen LogP contribution in [0.4, 0.5) is 0 Å². The highest BCUT2D eigenvalue weighted by Crippen LogP contribution is 2.27. The van der Waals surface area contributed by atoms with Gasteiger partial charge in [-0.25, -0.2) is 4.79 Å². The molecule has 7 heteroatoms. The van der Waals surface area contributed by atoms with Gasteiger partial charge in [0.25, 0.3) is 5.89 Å². The molecule has 2 aromatic carbocycles. The Balaban J connectivity index is 1.54. The lowest BCUT2D eigenvalue weighted by molar-refractivity contribution is -0.148. The second-order valence-corrected chi connectivity index (χ2v) is 5.93. The van der Waals surface area contributed by atoms with Crippen molar-refractivity contribution in [2.45, 2.75) is 20.5 Å². The van der Waals surface area contributed by atoms with Gasteiger partial charge in [-0.2, -0.15) is 4.98 Å². The lowest BCUT2D eigenvalue weighted by atomic mass is 10.1. The monoisotopic (exact) mass is 368 g/mol. The van der Waals surface area contributed by atoms with Crippen molar-refractivity contribution >= 4 is 5.97 Å². The first-order valence-electron chi connectivity index (χ1n) is 8.38. The Morgan fingerprint density at radius 1 is 1.11 bits per heavy atom. The molecule has 0 atom stereocenters. The van der Waals surface area contributed by atoms with E-state index in [9.17, 15) is 4.79 Å². The summed E-state index contributed by atoms with van der Waals surface area (Å²) in [5.74, 6) is 1.31. The minimum absolute atomic E-state index is 0.128. The number of hydrogen-bond donors (Lipinski definition) is 0. The molecule has 0 spiro atoms. The number of aryl methyl sites for hydroxylation is 2. The number of aromatic nitrogens is 2. The van der Waals surface area contributed by atoms with Gasteiger partial charge in [0.1, 0.15) is 11.5 Å². The number of benzene rings is 2. The van der Waals surface area contributed by atoms with Crippen LogP contribution in [0, 0.1) is 13.8 Å². The van der Waals surface area contributed by atoms with Gasteiger partial charge >= 0.3 is 5.97 Å². The van der Waals surface area contributed by atoms with Crippen molar-refractivity contribution in [3.63, 3.8) is 0 Å². The molecule has 0 saturated carbocycles. The third kappa shape index (κ3) is 4.63. The normalized spacial score (nSPS) is 10.5. The van der Waals surface area contributed by atoms with E-state index in [-0.39, 0.29) is 19.1 Å². The Morgan fingerprint density at radius 3 is 2.70 bits per heavy atom. The quantitative estimate of drug-likeness (QED) is 0.590. The summed E-state index contributed by atoms with van der Waals surface area (Å²) < 4.78 is 21.0. The molecule has 0 N–H and O–H groups in total. The summed E-state index contributed by atoms with van der Waals surface area (Å²) in [5, 5.41) is 3.90. The molecule has 1 aromatic heterocycles. The van der Waals surface area contributed by atoms with E-state index in [0.29, 0.717) is 22.9 Å². The van der Waals surface area contributed by atoms with Crippen LogP contribution in [-0.2, 0) is 16.1 Å². The van der Waals surface area contributed by atoms with E-state index in [2.05, 4.69) is 10.1 Å². The van der Waals surface area contributed by atoms with Crippen LogP contribution in [0.2, 0.25) is 0 Å². The number of hydrogen-bond acceptors (Lipinski definition) is 7. The summed E-state index contributed by atoms with van der Waals surface area (Å²) in [5.41, 5.74) is 2.78. The van der Waals surface area contributed by atoms with E-state index in [0.717, 1.165) is 11.1 Å². The summed E-state index contributed by atoms with van der Waals surface area (Å²) in [6.07, 6.45) is 0. The number of carbonyl (C=O) groups is 1. The zero-order chi connectivity index (χ0) is 19.2. The van der Waals surface area contributed by atoms with Gasteiger partial charge in [0.15, 0.2) is 13.2 Å². The molecule has 7 nitrogen and oxygen atoms in total. The first-order valence-corrected chi connectivity index (χ1v) is 8.38. The van der Waals surface area contributed by atoms with Crippen molar-refractivity contribution in [2.75, 3.05) is 13.7 Å². The molecule has 0 aliphatic heterocycles. The summed E-state index contributed by atoms with van der Waals surface area (Å²) in [4.78, 5) is 16.1. The van der Waals surface area contributed by atoms with Crippen molar-refractivity contribution in [1.82, 2.24) is 10.1 Å². The van der Waals surface area contributed by atoms with Gasteiger partial charge < -0.3 is 18.7 Å². The number of nitrogens with zero attached hydrogens (tertiary/aromatic N) is 2. The minimum atomic E-state index is -0.521. The molecule has 0 saturated heterocycles.